The number of methoxy groups -OCH3 is 1. The van der Waals surface area contributed by atoms with Crippen molar-refractivity contribution < 1.29 is 4.74 Å². The van der Waals surface area contributed by atoms with Crippen molar-refractivity contribution >= 4 is 23.4 Å². The van der Waals surface area contributed by atoms with Gasteiger partial charge in [0.2, 0.25) is 0 Å². The van der Waals surface area contributed by atoms with E-state index in [2.05, 4.69) is 34.4 Å². The highest BCUT2D eigenvalue weighted by Gasteiger charge is 2.06. The lowest BCUT2D eigenvalue weighted by molar-refractivity contribution is 0.190. The van der Waals surface area contributed by atoms with Gasteiger partial charge in [-0.1, -0.05) is 18.7 Å². The van der Waals surface area contributed by atoms with Gasteiger partial charge in [-0.3, -0.25) is 0 Å². The minimum absolute atomic E-state index is 0.221. The molecule has 6 heteroatoms. The first-order chi connectivity index (χ1) is 8.69. The second kappa shape index (κ2) is 8.16. The average molecular weight is 270 g/mol. The maximum absolute atomic E-state index is 5.10. The van der Waals surface area contributed by atoms with Crippen LogP contribution in [0.4, 0.5) is 11.6 Å². The van der Waals surface area contributed by atoms with Crippen LogP contribution in [0.3, 0.4) is 0 Å². The van der Waals surface area contributed by atoms with Gasteiger partial charge < -0.3 is 15.4 Å². The van der Waals surface area contributed by atoms with Crippen molar-refractivity contribution in [1.29, 1.82) is 0 Å². The number of aromatic nitrogens is 2. The molecule has 0 amide bonds. The zero-order valence-corrected chi connectivity index (χ0v) is 12.3. The summed E-state index contributed by atoms with van der Waals surface area (Å²) < 4.78 is 5.10. The van der Waals surface area contributed by atoms with Crippen LogP contribution in [0.1, 0.15) is 20.3 Å². The number of ether oxygens (including phenoxy) is 1. The Kier molecular flexibility index (Phi) is 6.82. The highest BCUT2D eigenvalue weighted by atomic mass is 32.2. The van der Waals surface area contributed by atoms with Gasteiger partial charge in [0, 0.05) is 25.8 Å². The molecule has 1 atom stereocenters. The van der Waals surface area contributed by atoms with Gasteiger partial charge in [0.1, 0.15) is 11.6 Å². The first-order valence-corrected chi connectivity index (χ1v) is 7.34. The monoisotopic (exact) mass is 270 g/mol. The number of hydrogen-bond donors (Lipinski definition) is 2. The molecule has 0 aliphatic carbocycles. The maximum Gasteiger partial charge on any atom is 0.191 e. The Morgan fingerprint density at radius 1 is 1.39 bits per heavy atom. The van der Waals surface area contributed by atoms with Crippen LogP contribution in [0.5, 0.6) is 0 Å². The van der Waals surface area contributed by atoms with Crippen LogP contribution in [0.25, 0.3) is 0 Å². The van der Waals surface area contributed by atoms with Crippen molar-refractivity contribution in [2.75, 3.05) is 37.2 Å². The van der Waals surface area contributed by atoms with Gasteiger partial charge in [0.05, 0.1) is 6.61 Å². The highest BCUT2D eigenvalue weighted by Crippen LogP contribution is 2.17. The molecule has 5 nitrogen and oxygen atoms in total. The third-order valence-electron chi connectivity index (χ3n) is 2.26. The van der Waals surface area contributed by atoms with E-state index in [4.69, 9.17) is 4.74 Å². The van der Waals surface area contributed by atoms with Crippen LogP contribution < -0.4 is 10.6 Å². The minimum atomic E-state index is 0.221. The van der Waals surface area contributed by atoms with Crippen LogP contribution in [-0.2, 0) is 4.74 Å². The van der Waals surface area contributed by atoms with Gasteiger partial charge in [-0.15, -0.1) is 0 Å². The van der Waals surface area contributed by atoms with E-state index in [9.17, 15) is 0 Å². The molecule has 0 aromatic carbocycles. The van der Waals surface area contributed by atoms with Crippen molar-refractivity contribution in [1.82, 2.24) is 9.97 Å². The number of rotatable bonds is 8. The van der Waals surface area contributed by atoms with Crippen LogP contribution in [0.2, 0.25) is 0 Å². The summed E-state index contributed by atoms with van der Waals surface area (Å²) in [5.74, 6) is 1.70. The molecule has 1 rings (SSSR count). The summed E-state index contributed by atoms with van der Waals surface area (Å²) in [7, 11) is 1.69. The summed E-state index contributed by atoms with van der Waals surface area (Å²) in [5, 5.41) is 7.35. The van der Waals surface area contributed by atoms with E-state index in [1.807, 2.05) is 12.3 Å². The first kappa shape index (κ1) is 15.0. The highest BCUT2D eigenvalue weighted by molar-refractivity contribution is 7.98. The zero-order valence-electron chi connectivity index (χ0n) is 11.5. The Hall–Kier alpha value is -1.01. The number of hydrogen-bond acceptors (Lipinski definition) is 6. The largest absolute Gasteiger partial charge is 0.383 e. The lowest BCUT2D eigenvalue weighted by Crippen LogP contribution is -2.21. The quantitative estimate of drug-likeness (QED) is 0.559. The molecule has 0 saturated heterocycles. The number of anilines is 2. The fourth-order valence-corrected chi connectivity index (χ4v) is 1.86. The van der Waals surface area contributed by atoms with Gasteiger partial charge in [-0.05, 0) is 19.6 Å². The van der Waals surface area contributed by atoms with E-state index < -0.39 is 0 Å². The SMILES string of the molecule is CCCNc1cc(NC(C)COC)nc(SC)n1. The molecule has 1 heterocycles. The van der Waals surface area contributed by atoms with Gasteiger partial charge in [0.25, 0.3) is 0 Å². The van der Waals surface area contributed by atoms with Gasteiger partial charge in [0.15, 0.2) is 5.16 Å². The standard InChI is InChI=1S/C12H22N4OS/c1-5-6-13-10-7-11(14-9(2)8-17-3)16-12(15-10)18-4/h7,9H,5-6,8H2,1-4H3,(H2,13,14,15,16). The number of nitrogens with one attached hydrogen (secondary N) is 2. The molecule has 102 valence electrons. The molecule has 1 unspecified atom stereocenters. The second-order valence-electron chi connectivity index (χ2n) is 4.05. The molecule has 2 N–H and O–H groups in total. The second-order valence-corrected chi connectivity index (χ2v) is 4.83. The Morgan fingerprint density at radius 3 is 2.72 bits per heavy atom. The van der Waals surface area contributed by atoms with E-state index in [-0.39, 0.29) is 6.04 Å². The third-order valence-corrected chi connectivity index (χ3v) is 2.80. The van der Waals surface area contributed by atoms with Gasteiger partial charge in [-0.2, -0.15) is 0 Å². The molecule has 0 fully saturated rings. The molecule has 1 aromatic rings. The number of thioether (sulfide) groups is 1. The van der Waals surface area contributed by atoms with Crippen molar-refractivity contribution in [2.45, 2.75) is 31.5 Å². The molecule has 0 bridgehead atoms. The predicted molar refractivity (Wildman–Crippen MR) is 77.6 cm³/mol. The minimum Gasteiger partial charge on any atom is -0.383 e. The summed E-state index contributed by atoms with van der Waals surface area (Å²) in [5.41, 5.74) is 0. The first-order valence-electron chi connectivity index (χ1n) is 6.12. The number of nitrogens with zero attached hydrogens (tertiary/aromatic N) is 2. The molecule has 0 aliphatic rings. The predicted octanol–water partition coefficient (Wildman–Crippen LogP) is 2.47. The Balaban J connectivity index is 2.76. The molecule has 1 aromatic heterocycles. The summed E-state index contributed by atoms with van der Waals surface area (Å²) in [6.07, 6.45) is 3.04. The van der Waals surface area contributed by atoms with E-state index in [0.29, 0.717) is 6.61 Å². The Bertz CT molecular complexity index is 362. The molecule has 0 aliphatic heterocycles. The molecular formula is C12H22N4OS. The normalized spacial score (nSPS) is 12.2. The summed E-state index contributed by atoms with van der Waals surface area (Å²) in [6.45, 7) is 5.75. The lowest BCUT2D eigenvalue weighted by Gasteiger charge is -2.15. The van der Waals surface area contributed by atoms with Crippen molar-refractivity contribution in [3.63, 3.8) is 0 Å². The summed E-state index contributed by atoms with van der Waals surface area (Å²) in [6, 6.07) is 2.15. The lowest BCUT2D eigenvalue weighted by atomic mass is 10.3. The molecule has 0 spiro atoms. The van der Waals surface area contributed by atoms with Crippen LogP contribution in [0.15, 0.2) is 11.2 Å². The Morgan fingerprint density at radius 2 is 2.11 bits per heavy atom. The van der Waals surface area contributed by atoms with Crippen LogP contribution in [0, 0.1) is 0 Å². The van der Waals surface area contributed by atoms with Gasteiger partial charge in [-0.25, -0.2) is 9.97 Å². The average Bonchev–Trinajstić information content (AvgIpc) is 2.36. The summed E-state index contributed by atoms with van der Waals surface area (Å²) in [4.78, 5) is 8.84. The van der Waals surface area contributed by atoms with Crippen molar-refractivity contribution in [3.8, 4) is 0 Å². The maximum atomic E-state index is 5.10. The topological polar surface area (TPSA) is 59.1 Å². The van der Waals surface area contributed by atoms with E-state index in [1.54, 1.807) is 7.11 Å². The van der Waals surface area contributed by atoms with E-state index in [0.717, 1.165) is 29.8 Å². The molecule has 0 saturated carbocycles. The van der Waals surface area contributed by atoms with Crippen LogP contribution in [-0.4, -0.2) is 42.5 Å². The summed E-state index contributed by atoms with van der Waals surface area (Å²) >= 11 is 1.54. The molecular weight excluding hydrogens is 248 g/mol. The fraction of sp³-hybridized carbons (Fsp3) is 0.667. The molecule has 18 heavy (non-hydrogen) atoms. The molecule has 0 radical (unpaired) electrons. The van der Waals surface area contributed by atoms with Crippen molar-refractivity contribution in [2.24, 2.45) is 0 Å². The van der Waals surface area contributed by atoms with Crippen LogP contribution >= 0.6 is 11.8 Å². The Labute approximate surface area is 113 Å². The smallest absolute Gasteiger partial charge is 0.191 e. The zero-order chi connectivity index (χ0) is 13.4. The van der Waals surface area contributed by atoms with Crippen molar-refractivity contribution in [3.05, 3.63) is 6.07 Å². The van der Waals surface area contributed by atoms with Gasteiger partial charge >= 0.3 is 0 Å². The van der Waals surface area contributed by atoms with E-state index >= 15 is 0 Å². The van der Waals surface area contributed by atoms with E-state index in [1.165, 1.54) is 11.8 Å². The third kappa shape index (κ3) is 5.10. The fourth-order valence-electron chi connectivity index (χ4n) is 1.48.